The monoisotopic (exact) mass is 446 g/mol. The highest BCUT2D eigenvalue weighted by molar-refractivity contribution is 5.92. The van der Waals surface area contributed by atoms with Crippen LogP contribution in [0.4, 0.5) is 24.5 Å². The molecule has 2 aromatic rings. The van der Waals surface area contributed by atoms with Crippen molar-refractivity contribution < 1.29 is 27.9 Å². The average Bonchev–Trinajstić information content (AvgIpc) is 2.73. The Morgan fingerprint density at radius 1 is 1.03 bits per heavy atom. The van der Waals surface area contributed by atoms with Crippen molar-refractivity contribution in [3.05, 3.63) is 59.2 Å². The zero-order chi connectivity index (χ0) is 22.9. The summed E-state index contributed by atoms with van der Waals surface area (Å²) in [5.74, 6) is -0.0681. The van der Waals surface area contributed by atoms with Gasteiger partial charge in [-0.15, -0.1) is 0 Å². The highest BCUT2D eigenvalue weighted by atomic mass is 19.4. The van der Waals surface area contributed by atoms with E-state index in [0.29, 0.717) is 56.6 Å². The standard InChI is InChI=1S/C24H25F3N2O3/c25-24(26,27)18-3-6-20(7-4-18)29-11-9-23(32,10-12-29)15-22(31)28-19-5-1-17-14-21(30)8-2-16(17)13-19/h1,3-7,13,32H,2,8-12,14-15H2,(H,28,31). The quantitative estimate of drug-likeness (QED) is 0.741. The molecule has 0 spiro atoms. The van der Waals surface area contributed by atoms with E-state index in [0.717, 1.165) is 23.3 Å². The SMILES string of the molecule is O=C1CCc2cc(NC(=O)CC3(O)CCN(c4ccc(C(F)(F)F)cc4)CC3)ccc2C1. The molecular formula is C24H25F3N2O3. The lowest BCUT2D eigenvalue weighted by Gasteiger charge is -2.39. The second-order valence-electron chi connectivity index (χ2n) is 8.68. The topological polar surface area (TPSA) is 69.6 Å². The molecule has 32 heavy (non-hydrogen) atoms. The van der Waals surface area contributed by atoms with E-state index in [1.54, 1.807) is 6.07 Å². The molecule has 0 atom stereocenters. The van der Waals surface area contributed by atoms with Crippen molar-refractivity contribution in [1.29, 1.82) is 0 Å². The van der Waals surface area contributed by atoms with Crippen LogP contribution < -0.4 is 10.2 Å². The van der Waals surface area contributed by atoms with E-state index in [-0.39, 0.29) is 18.1 Å². The zero-order valence-electron chi connectivity index (χ0n) is 17.5. The number of anilines is 2. The van der Waals surface area contributed by atoms with Gasteiger partial charge >= 0.3 is 6.18 Å². The first-order chi connectivity index (χ1) is 15.1. The summed E-state index contributed by atoms with van der Waals surface area (Å²) in [7, 11) is 0. The molecule has 4 rings (SSSR count). The van der Waals surface area contributed by atoms with Crippen LogP contribution in [-0.4, -0.2) is 35.5 Å². The minimum Gasteiger partial charge on any atom is -0.389 e. The van der Waals surface area contributed by atoms with Crippen LogP contribution in [-0.2, 0) is 28.6 Å². The average molecular weight is 446 g/mol. The van der Waals surface area contributed by atoms with Gasteiger partial charge in [0.05, 0.1) is 17.6 Å². The van der Waals surface area contributed by atoms with Gasteiger partial charge in [0.1, 0.15) is 5.78 Å². The molecule has 0 bridgehead atoms. The lowest BCUT2D eigenvalue weighted by Crippen LogP contribution is -2.46. The minimum atomic E-state index is -4.37. The summed E-state index contributed by atoms with van der Waals surface area (Å²) in [5.41, 5.74) is 1.51. The van der Waals surface area contributed by atoms with Gasteiger partial charge in [-0.05, 0) is 66.8 Å². The Kier molecular flexibility index (Phi) is 5.99. The van der Waals surface area contributed by atoms with E-state index in [2.05, 4.69) is 5.32 Å². The lowest BCUT2D eigenvalue weighted by atomic mass is 9.87. The number of carbonyl (C=O) groups excluding carboxylic acids is 2. The van der Waals surface area contributed by atoms with Crippen molar-refractivity contribution in [2.45, 2.75) is 50.3 Å². The number of nitrogens with zero attached hydrogens (tertiary/aromatic N) is 1. The number of fused-ring (bicyclic) bond motifs is 1. The number of halogens is 3. The maximum Gasteiger partial charge on any atom is 0.416 e. The van der Waals surface area contributed by atoms with Gasteiger partial charge in [0, 0.05) is 37.3 Å². The van der Waals surface area contributed by atoms with Gasteiger partial charge in [0.2, 0.25) is 5.91 Å². The molecule has 8 heteroatoms. The van der Waals surface area contributed by atoms with Gasteiger partial charge in [-0.25, -0.2) is 0 Å². The summed E-state index contributed by atoms with van der Waals surface area (Å²) in [6.07, 6.45) is -2.13. The molecule has 5 nitrogen and oxygen atoms in total. The van der Waals surface area contributed by atoms with Crippen LogP contribution in [0.2, 0.25) is 0 Å². The van der Waals surface area contributed by atoms with Gasteiger partial charge in [-0.1, -0.05) is 6.07 Å². The van der Waals surface area contributed by atoms with E-state index in [1.807, 2.05) is 17.0 Å². The number of amides is 1. The molecule has 0 aromatic heterocycles. The van der Waals surface area contributed by atoms with Crippen LogP contribution in [0.15, 0.2) is 42.5 Å². The van der Waals surface area contributed by atoms with Crippen LogP contribution in [0.1, 0.15) is 42.4 Å². The van der Waals surface area contributed by atoms with E-state index in [9.17, 15) is 27.9 Å². The second kappa shape index (κ2) is 8.58. The summed E-state index contributed by atoms with van der Waals surface area (Å²) in [6.45, 7) is 0.893. The van der Waals surface area contributed by atoms with E-state index < -0.39 is 17.3 Å². The third kappa shape index (κ3) is 5.12. The molecule has 0 unspecified atom stereocenters. The number of aliphatic hydroxyl groups is 1. The van der Waals surface area contributed by atoms with Crippen LogP contribution >= 0.6 is 0 Å². The Bertz CT molecular complexity index is 1010. The molecule has 1 fully saturated rings. The Morgan fingerprint density at radius 2 is 1.72 bits per heavy atom. The van der Waals surface area contributed by atoms with Crippen LogP contribution in [0.25, 0.3) is 0 Å². The third-order valence-electron chi connectivity index (χ3n) is 6.29. The Morgan fingerprint density at radius 3 is 2.38 bits per heavy atom. The minimum absolute atomic E-state index is 0.0522. The Labute approximate surface area is 184 Å². The molecule has 1 saturated heterocycles. The summed E-state index contributed by atoms with van der Waals surface area (Å²) in [4.78, 5) is 26.0. The lowest BCUT2D eigenvalue weighted by molar-refractivity contribution is -0.137. The molecule has 1 aliphatic carbocycles. The van der Waals surface area contributed by atoms with E-state index in [4.69, 9.17) is 0 Å². The maximum absolute atomic E-state index is 12.7. The number of aryl methyl sites for hydroxylation is 1. The smallest absolute Gasteiger partial charge is 0.389 e. The predicted octanol–water partition coefficient (Wildman–Crippen LogP) is 4.12. The number of benzene rings is 2. The number of alkyl halides is 3. The van der Waals surface area contributed by atoms with Crippen LogP contribution in [0, 0.1) is 0 Å². The molecule has 1 aliphatic heterocycles. The first-order valence-corrected chi connectivity index (χ1v) is 10.7. The summed E-state index contributed by atoms with van der Waals surface area (Å²) in [6, 6.07) is 10.5. The summed E-state index contributed by atoms with van der Waals surface area (Å²) < 4.78 is 38.2. The summed E-state index contributed by atoms with van der Waals surface area (Å²) in [5, 5.41) is 13.7. The molecule has 1 amide bonds. The number of Topliss-reactive ketones (excluding diaryl/α,β-unsaturated/α-hetero) is 1. The van der Waals surface area contributed by atoms with Crippen molar-refractivity contribution in [2.24, 2.45) is 0 Å². The number of hydrogen-bond acceptors (Lipinski definition) is 4. The van der Waals surface area contributed by atoms with Crippen LogP contribution in [0.5, 0.6) is 0 Å². The van der Waals surface area contributed by atoms with Crippen LogP contribution in [0.3, 0.4) is 0 Å². The number of rotatable bonds is 4. The fourth-order valence-corrected chi connectivity index (χ4v) is 4.41. The largest absolute Gasteiger partial charge is 0.416 e. The van der Waals surface area contributed by atoms with Crippen molar-refractivity contribution in [3.8, 4) is 0 Å². The first kappa shape index (κ1) is 22.3. The summed E-state index contributed by atoms with van der Waals surface area (Å²) >= 11 is 0. The molecule has 1 heterocycles. The normalized spacial score (nSPS) is 18.2. The number of ketones is 1. The first-order valence-electron chi connectivity index (χ1n) is 10.7. The molecule has 0 saturated carbocycles. The maximum atomic E-state index is 12.7. The molecule has 2 N–H and O–H groups in total. The molecule has 2 aliphatic rings. The van der Waals surface area contributed by atoms with Crippen molar-refractivity contribution in [3.63, 3.8) is 0 Å². The van der Waals surface area contributed by atoms with Crippen molar-refractivity contribution in [2.75, 3.05) is 23.3 Å². The molecule has 2 aromatic carbocycles. The van der Waals surface area contributed by atoms with Crippen molar-refractivity contribution >= 4 is 23.1 Å². The van der Waals surface area contributed by atoms with Crippen molar-refractivity contribution in [1.82, 2.24) is 0 Å². The highest BCUT2D eigenvalue weighted by Gasteiger charge is 2.35. The van der Waals surface area contributed by atoms with Gasteiger partial charge in [-0.2, -0.15) is 13.2 Å². The molecule has 170 valence electrons. The third-order valence-corrected chi connectivity index (χ3v) is 6.29. The number of nitrogens with one attached hydrogen (secondary N) is 1. The van der Waals surface area contributed by atoms with Gasteiger partial charge in [0.25, 0.3) is 0 Å². The predicted molar refractivity (Wildman–Crippen MR) is 115 cm³/mol. The number of carbonyl (C=O) groups is 2. The fourth-order valence-electron chi connectivity index (χ4n) is 4.41. The molecular weight excluding hydrogens is 421 g/mol. The number of hydrogen-bond donors (Lipinski definition) is 2. The zero-order valence-corrected chi connectivity index (χ0v) is 17.5. The highest BCUT2D eigenvalue weighted by Crippen LogP contribution is 2.33. The van der Waals surface area contributed by atoms with Gasteiger partial charge < -0.3 is 15.3 Å². The second-order valence-corrected chi connectivity index (χ2v) is 8.68. The van der Waals surface area contributed by atoms with Gasteiger partial charge in [0.15, 0.2) is 0 Å². The van der Waals surface area contributed by atoms with E-state index in [1.165, 1.54) is 12.1 Å². The van der Waals surface area contributed by atoms with Gasteiger partial charge in [-0.3, -0.25) is 9.59 Å². The number of piperidine rings is 1. The Balaban J connectivity index is 1.32. The Hall–Kier alpha value is -2.87. The molecule has 0 radical (unpaired) electrons. The van der Waals surface area contributed by atoms with E-state index >= 15 is 0 Å². The fraction of sp³-hybridized carbons (Fsp3) is 0.417.